The number of amides is 2. The number of fused-ring (bicyclic) bond motifs is 1. The second-order valence-electron chi connectivity index (χ2n) is 6.80. The van der Waals surface area contributed by atoms with Crippen molar-refractivity contribution >= 4 is 40.2 Å². The number of thioether (sulfide) groups is 1. The van der Waals surface area contributed by atoms with Gasteiger partial charge in [-0.2, -0.15) is 0 Å². The summed E-state index contributed by atoms with van der Waals surface area (Å²) in [5.41, 5.74) is 8.51. The molecule has 30 heavy (non-hydrogen) atoms. The number of carbonyl (C=O) groups is 2. The van der Waals surface area contributed by atoms with E-state index in [2.05, 4.69) is 34.6 Å². The van der Waals surface area contributed by atoms with Gasteiger partial charge in [-0.15, -0.1) is 0 Å². The highest BCUT2D eigenvalue weighted by molar-refractivity contribution is 7.99. The average molecular weight is 423 g/mol. The van der Waals surface area contributed by atoms with E-state index in [1.54, 1.807) is 12.1 Å². The largest absolute Gasteiger partial charge is 0.372 e. The van der Waals surface area contributed by atoms with Crippen molar-refractivity contribution in [2.75, 3.05) is 23.7 Å². The number of nitrogens with one attached hydrogen (secondary N) is 2. The molecule has 6 nitrogen and oxygen atoms in total. The molecule has 0 aliphatic carbocycles. The van der Waals surface area contributed by atoms with Gasteiger partial charge in [-0.05, 0) is 62.7 Å². The van der Waals surface area contributed by atoms with Crippen LogP contribution in [-0.4, -0.2) is 35.6 Å². The summed E-state index contributed by atoms with van der Waals surface area (Å²) in [6.45, 7) is 8.02. The van der Waals surface area contributed by atoms with Crippen LogP contribution in [0.3, 0.4) is 0 Å². The maximum Gasteiger partial charge on any atom is 0.269 e. The molecule has 0 spiro atoms. The molecule has 7 heteroatoms. The van der Waals surface area contributed by atoms with E-state index < -0.39 is 0 Å². The lowest BCUT2D eigenvalue weighted by Crippen LogP contribution is -2.42. The summed E-state index contributed by atoms with van der Waals surface area (Å²) in [6.07, 6.45) is 0. The highest BCUT2D eigenvalue weighted by atomic mass is 32.2. The van der Waals surface area contributed by atoms with Crippen molar-refractivity contribution in [2.24, 2.45) is 0 Å². The Balaban J connectivity index is 1.51. The third-order valence-corrected chi connectivity index (χ3v) is 5.74. The van der Waals surface area contributed by atoms with Gasteiger partial charge < -0.3 is 4.90 Å². The summed E-state index contributed by atoms with van der Waals surface area (Å²) in [4.78, 5) is 31.2. The minimum absolute atomic E-state index is 0.159. The zero-order valence-corrected chi connectivity index (χ0v) is 18.3. The van der Waals surface area contributed by atoms with Crippen molar-refractivity contribution in [3.63, 3.8) is 0 Å². The van der Waals surface area contributed by atoms with Crippen LogP contribution in [0.25, 0.3) is 10.9 Å². The Morgan fingerprint density at radius 3 is 2.40 bits per heavy atom. The first-order valence-corrected chi connectivity index (χ1v) is 10.9. The Labute approximate surface area is 181 Å². The smallest absolute Gasteiger partial charge is 0.269 e. The number of para-hydroxylation sites is 1. The number of aromatic nitrogens is 1. The monoisotopic (exact) mass is 422 g/mol. The number of anilines is 1. The molecule has 1 aromatic heterocycles. The van der Waals surface area contributed by atoms with Crippen molar-refractivity contribution in [1.29, 1.82) is 0 Å². The van der Waals surface area contributed by atoms with E-state index in [-0.39, 0.29) is 17.6 Å². The number of aryl methyl sites for hydroxylation is 1. The average Bonchev–Trinajstić information content (AvgIpc) is 2.77. The topological polar surface area (TPSA) is 74.3 Å². The summed E-state index contributed by atoms with van der Waals surface area (Å²) in [5, 5.41) is 1.88. The standard InChI is InChI=1S/C23H26N4O2S/c1-4-27(5-2)18-12-10-17(11-13-18)23(29)26-25-21(28)15-30-22-14-16(3)19-8-6-7-9-20(19)24-22/h6-14H,4-5,15H2,1-3H3,(H,25,28)(H,26,29). The van der Waals surface area contributed by atoms with Crippen LogP contribution in [0.4, 0.5) is 5.69 Å². The number of hydrogen-bond donors (Lipinski definition) is 2. The van der Waals surface area contributed by atoms with Crippen LogP contribution in [0.2, 0.25) is 0 Å². The first-order chi connectivity index (χ1) is 14.5. The van der Waals surface area contributed by atoms with Gasteiger partial charge in [0.25, 0.3) is 5.91 Å². The van der Waals surface area contributed by atoms with Gasteiger partial charge in [0, 0.05) is 29.7 Å². The van der Waals surface area contributed by atoms with Gasteiger partial charge in [0.15, 0.2) is 0 Å². The van der Waals surface area contributed by atoms with E-state index in [9.17, 15) is 9.59 Å². The van der Waals surface area contributed by atoms with Gasteiger partial charge >= 0.3 is 0 Å². The number of hydrogen-bond acceptors (Lipinski definition) is 5. The fraction of sp³-hybridized carbons (Fsp3) is 0.261. The maximum atomic E-state index is 12.3. The van der Waals surface area contributed by atoms with Gasteiger partial charge in [-0.25, -0.2) is 4.98 Å². The van der Waals surface area contributed by atoms with E-state index in [0.717, 1.165) is 40.3 Å². The van der Waals surface area contributed by atoms with Crippen LogP contribution in [0.5, 0.6) is 0 Å². The Morgan fingerprint density at radius 2 is 1.70 bits per heavy atom. The molecule has 2 N–H and O–H groups in total. The van der Waals surface area contributed by atoms with Crippen molar-refractivity contribution in [1.82, 2.24) is 15.8 Å². The lowest BCUT2D eigenvalue weighted by atomic mass is 10.1. The number of rotatable bonds is 7. The van der Waals surface area contributed by atoms with E-state index in [4.69, 9.17) is 0 Å². The van der Waals surface area contributed by atoms with Crippen LogP contribution >= 0.6 is 11.8 Å². The molecule has 2 aromatic carbocycles. The molecule has 0 unspecified atom stereocenters. The SMILES string of the molecule is CCN(CC)c1ccc(C(=O)NNC(=O)CSc2cc(C)c3ccccc3n2)cc1. The molecule has 0 radical (unpaired) electrons. The van der Waals surface area contributed by atoms with E-state index in [1.165, 1.54) is 11.8 Å². The number of hydrazine groups is 1. The Kier molecular flexibility index (Phi) is 7.30. The highest BCUT2D eigenvalue weighted by Crippen LogP contribution is 2.23. The van der Waals surface area contributed by atoms with Gasteiger partial charge in [-0.3, -0.25) is 20.4 Å². The molecule has 2 amide bonds. The number of carbonyl (C=O) groups excluding carboxylic acids is 2. The van der Waals surface area contributed by atoms with E-state index >= 15 is 0 Å². The molecular formula is C23H26N4O2S. The quantitative estimate of drug-likeness (QED) is 0.446. The molecule has 3 aromatic rings. The molecule has 0 fully saturated rings. The number of pyridine rings is 1. The van der Waals surface area contributed by atoms with Crippen LogP contribution in [0, 0.1) is 6.92 Å². The Morgan fingerprint density at radius 1 is 1.00 bits per heavy atom. The number of nitrogens with zero attached hydrogens (tertiary/aromatic N) is 2. The first kappa shape index (κ1) is 21.6. The van der Waals surface area contributed by atoms with Gasteiger partial charge in [-0.1, -0.05) is 30.0 Å². The maximum absolute atomic E-state index is 12.3. The summed E-state index contributed by atoms with van der Waals surface area (Å²) in [7, 11) is 0. The minimum atomic E-state index is -0.348. The van der Waals surface area contributed by atoms with Gasteiger partial charge in [0.05, 0.1) is 16.3 Å². The molecule has 0 aliphatic rings. The zero-order chi connectivity index (χ0) is 21.5. The summed E-state index contributed by atoms with van der Waals surface area (Å²) in [6, 6.07) is 17.2. The minimum Gasteiger partial charge on any atom is -0.372 e. The fourth-order valence-corrected chi connectivity index (χ4v) is 3.95. The van der Waals surface area contributed by atoms with Crippen LogP contribution in [0.15, 0.2) is 59.6 Å². The number of benzene rings is 2. The summed E-state index contributed by atoms with van der Waals surface area (Å²) in [5.74, 6) is -0.480. The molecule has 156 valence electrons. The van der Waals surface area contributed by atoms with Crippen molar-refractivity contribution in [3.05, 3.63) is 65.7 Å². The second-order valence-corrected chi connectivity index (χ2v) is 7.80. The van der Waals surface area contributed by atoms with Crippen molar-refractivity contribution in [3.8, 4) is 0 Å². The highest BCUT2D eigenvalue weighted by Gasteiger charge is 2.10. The predicted molar refractivity (Wildman–Crippen MR) is 123 cm³/mol. The van der Waals surface area contributed by atoms with Crippen molar-refractivity contribution in [2.45, 2.75) is 25.8 Å². The predicted octanol–water partition coefficient (Wildman–Crippen LogP) is 3.94. The molecule has 0 aliphatic heterocycles. The molecule has 0 bridgehead atoms. The van der Waals surface area contributed by atoms with Crippen molar-refractivity contribution < 1.29 is 9.59 Å². The molecule has 3 rings (SSSR count). The van der Waals surface area contributed by atoms with Gasteiger partial charge in [0.1, 0.15) is 0 Å². The fourth-order valence-electron chi connectivity index (χ4n) is 3.18. The van der Waals surface area contributed by atoms with Crippen LogP contribution in [-0.2, 0) is 4.79 Å². The second kappa shape index (κ2) is 10.1. The van der Waals surface area contributed by atoms with E-state index in [1.807, 2.05) is 49.4 Å². The van der Waals surface area contributed by atoms with Crippen LogP contribution < -0.4 is 15.8 Å². The summed E-state index contributed by atoms with van der Waals surface area (Å²) >= 11 is 1.34. The van der Waals surface area contributed by atoms with E-state index in [0.29, 0.717) is 5.56 Å². The van der Waals surface area contributed by atoms with Gasteiger partial charge in [0.2, 0.25) is 5.91 Å². The lowest BCUT2D eigenvalue weighted by Gasteiger charge is -2.21. The molecule has 1 heterocycles. The zero-order valence-electron chi connectivity index (χ0n) is 17.4. The third-order valence-electron chi connectivity index (χ3n) is 4.82. The summed E-state index contributed by atoms with van der Waals surface area (Å²) < 4.78 is 0. The third kappa shape index (κ3) is 5.30. The Hall–Kier alpha value is -3.06. The Bertz CT molecular complexity index is 1030. The molecule has 0 saturated heterocycles. The molecular weight excluding hydrogens is 396 g/mol. The first-order valence-electron chi connectivity index (χ1n) is 9.95. The molecule has 0 saturated carbocycles. The lowest BCUT2D eigenvalue weighted by molar-refractivity contribution is -0.119. The van der Waals surface area contributed by atoms with Crippen LogP contribution in [0.1, 0.15) is 29.8 Å². The molecule has 0 atom stereocenters. The normalized spacial score (nSPS) is 10.6.